The normalized spacial score (nSPS) is 11.7. The monoisotopic (exact) mass is 228 g/mol. The van der Waals surface area contributed by atoms with Crippen molar-refractivity contribution in [3.63, 3.8) is 0 Å². The lowest BCUT2D eigenvalue weighted by atomic mass is 10.0. The quantitative estimate of drug-likeness (QED) is 0.427. The molecule has 17 heavy (non-hydrogen) atoms. The van der Waals surface area contributed by atoms with E-state index in [-0.39, 0.29) is 0 Å². The highest BCUT2D eigenvalue weighted by molar-refractivity contribution is 5.48. The first-order valence-corrected chi connectivity index (χ1v) is 5.51. The highest BCUT2D eigenvalue weighted by atomic mass is 14.0. The molecule has 0 rings (SSSR count). The second kappa shape index (κ2) is 10.7. The Labute approximate surface area is 107 Å². The van der Waals surface area contributed by atoms with Gasteiger partial charge in [0.15, 0.2) is 0 Å². The molecule has 0 radical (unpaired) electrons. The molecule has 0 amide bonds. The maximum atomic E-state index is 3.94. The molecule has 0 atom stereocenters. The summed E-state index contributed by atoms with van der Waals surface area (Å²) < 4.78 is 0. The fraction of sp³-hybridized carbons (Fsp3) is 0.176. The smallest absolute Gasteiger partial charge is 0.0227 e. The van der Waals surface area contributed by atoms with Crippen LogP contribution in [0.4, 0.5) is 0 Å². The van der Waals surface area contributed by atoms with Crippen molar-refractivity contribution in [3.05, 3.63) is 85.6 Å². The van der Waals surface area contributed by atoms with Crippen LogP contribution in [0.25, 0.3) is 0 Å². The number of hydrogen-bond acceptors (Lipinski definition) is 0. The Bertz CT molecular complexity index is 359. The summed E-state index contributed by atoms with van der Waals surface area (Å²) in [7, 11) is 0. The van der Waals surface area contributed by atoms with Crippen LogP contribution >= 0.6 is 0 Å². The third-order valence-electron chi connectivity index (χ3n) is 1.98. The first-order chi connectivity index (χ1) is 8.02. The van der Waals surface area contributed by atoms with Gasteiger partial charge in [-0.15, -0.1) is 13.2 Å². The molecule has 0 nitrogen and oxygen atoms in total. The number of rotatable bonds is 5. The zero-order chi connectivity index (χ0) is 13.8. The van der Waals surface area contributed by atoms with Gasteiger partial charge in [0.25, 0.3) is 0 Å². The van der Waals surface area contributed by atoms with Crippen LogP contribution in [-0.4, -0.2) is 0 Å². The van der Waals surface area contributed by atoms with Crippen LogP contribution in [0.2, 0.25) is 0 Å². The largest absolute Gasteiger partial charge is 0.106 e. The Morgan fingerprint density at radius 3 is 1.71 bits per heavy atom. The predicted molar refractivity (Wildman–Crippen MR) is 82.1 cm³/mol. The Morgan fingerprint density at radius 1 is 0.941 bits per heavy atom. The third kappa shape index (κ3) is 8.04. The average Bonchev–Trinajstić information content (AvgIpc) is 2.31. The molecular weight excluding hydrogens is 204 g/mol. The third-order valence-corrected chi connectivity index (χ3v) is 1.98. The summed E-state index contributed by atoms with van der Waals surface area (Å²) in [4.78, 5) is 0. The molecule has 0 saturated heterocycles. The summed E-state index contributed by atoms with van der Waals surface area (Å²) in [5.74, 6) is 0. The fourth-order valence-corrected chi connectivity index (χ4v) is 1.04. The zero-order valence-electron chi connectivity index (χ0n) is 11.4. The minimum atomic E-state index is 1.01. The summed E-state index contributed by atoms with van der Waals surface area (Å²) in [5.41, 5.74) is 4.20. The van der Waals surface area contributed by atoms with Crippen LogP contribution in [0.1, 0.15) is 20.8 Å². The van der Waals surface area contributed by atoms with E-state index in [1.807, 2.05) is 45.1 Å². The van der Waals surface area contributed by atoms with E-state index in [9.17, 15) is 0 Å². The maximum Gasteiger partial charge on any atom is -0.0227 e. The zero-order valence-corrected chi connectivity index (χ0v) is 11.4. The molecule has 0 bridgehead atoms. The lowest BCUT2D eigenvalue weighted by Crippen LogP contribution is -1.84. The molecule has 0 saturated carbocycles. The van der Waals surface area contributed by atoms with Gasteiger partial charge >= 0.3 is 0 Å². The Morgan fingerprint density at radius 2 is 1.41 bits per heavy atom. The first kappa shape index (κ1) is 17.6. The summed E-state index contributed by atoms with van der Waals surface area (Å²) in [6, 6.07) is 0. The van der Waals surface area contributed by atoms with Crippen molar-refractivity contribution < 1.29 is 0 Å². The van der Waals surface area contributed by atoms with Crippen molar-refractivity contribution in [1.29, 1.82) is 0 Å². The van der Waals surface area contributed by atoms with E-state index in [0.29, 0.717) is 0 Å². The van der Waals surface area contributed by atoms with E-state index in [1.165, 1.54) is 0 Å². The van der Waals surface area contributed by atoms with Gasteiger partial charge in [-0.3, -0.25) is 0 Å². The lowest BCUT2D eigenvalue weighted by molar-refractivity contribution is 1.39. The fourth-order valence-electron chi connectivity index (χ4n) is 1.04. The Balaban J connectivity index is 0. The summed E-state index contributed by atoms with van der Waals surface area (Å²) in [6.07, 6.45) is 9.89. The van der Waals surface area contributed by atoms with E-state index in [4.69, 9.17) is 0 Å². The van der Waals surface area contributed by atoms with E-state index in [0.717, 1.165) is 22.3 Å². The van der Waals surface area contributed by atoms with Gasteiger partial charge in [0.05, 0.1) is 0 Å². The standard InChI is InChI=1S/C15H20.C2H4/c1-7-9-10-15(13(5)6)11-14(8-2)12(3)4;1-2/h7-11H,2-3,5H2,1,4,6H3;1-2H2/b9-7-,14-11-,15-10-;. The SMILES string of the molecule is C=C.C=C/C(=C/C(=C/C=C\C)C(=C)C)C(=C)C. The molecular formula is C17H24. The molecule has 0 heteroatoms. The second-order valence-corrected chi connectivity index (χ2v) is 3.51. The van der Waals surface area contributed by atoms with Gasteiger partial charge in [0, 0.05) is 0 Å². The van der Waals surface area contributed by atoms with Crippen molar-refractivity contribution in [1.82, 2.24) is 0 Å². The highest BCUT2D eigenvalue weighted by Crippen LogP contribution is 2.16. The maximum absolute atomic E-state index is 3.94. The molecule has 0 aliphatic rings. The summed E-state index contributed by atoms with van der Waals surface area (Å²) in [5, 5.41) is 0. The van der Waals surface area contributed by atoms with Gasteiger partial charge in [-0.05, 0) is 38.0 Å². The number of hydrogen-bond donors (Lipinski definition) is 0. The summed E-state index contributed by atoms with van der Waals surface area (Å²) >= 11 is 0. The topological polar surface area (TPSA) is 0 Å². The molecule has 0 aliphatic carbocycles. The molecule has 0 unspecified atom stereocenters. The van der Waals surface area contributed by atoms with Crippen LogP contribution in [0.5, 0.6) is 0 Å². The van der Waals surface area contributed by atoms with Gasteiger partial charge in [0.1, 0.15) is 0 Å². The van der Waals surface area contributed by atoms with Gasteiger partial charge in [-0.2, -0.15) is 0 Å². The van der Waals surface area contributed by atoms with Crippen LogP contribution in [0, 0.1) is 0 Å². The van der Waals surface area contributed by atoms with Crippen LogP contribution in [0.3, 0.4) is 0 Å². The molecule has 0 fully saturated rings. The van der Waals surface area contributed by atoms with Crippen molar-refractivity contribution in [2.75, 3.05) is 0 Å². The Hall–Kier alpha value is -1.82. The number of allylic oxidation sites excluding steroid dienone is 9. The second-order valence-electron chi connectivity index (χ2n) is 3.51. The molecule has 0 spiro atoms. The average molecular weight is 228 g/mol. The minimum absolute atomic E-state index is 1.01. The molecule has 0 aliphatic heterocycles. The van der Waals surface area contributed by atoms with E-state index in [2.05, 4.69) is 39.0 Å². The van der Waals surface area contributed by atoms with Crippen LogP contribution in [-0.2, 0) is 0 Å². The van der Waals surface area contributed by atoms with Gasteiger partial charge in [0.2, 0.25) is 0 Å². The Kier molecular flexibility index (Phi) is 11.0. The van der Waals surface area contributed by atoms with Crippen molar-refractivity contribution in [2.45, 2.75) is 20.8 Å². The van der Waals surface area contributed by atoms with E-state index in [1.54, 1.807) is 0 Å². The van der Waals surface area contributed by atoms with Gasteiger partial charge in [-0.1, -0.05) is 55.2 Å². The summed E-state index contributed by atoms with van der Waals surface area (Å²) in [6.45, 7) is 23.6. The molecule has 92 valence electrons. The van der Waals surface area contributed by atoms with Crippen LogP contribution in [0.15, 0.2) is 85.6 Å². The predicted octanol–water partition coefficient (Wildman–Crippen LogP) is 5.56. The highest BCUT2D eigenvalue weighted by Gasteiger charge is 1.96. The van der Waals surface area contributed by atoms with Gasteiger partial charge in [-0.25, -0.2) is 0 Å². The van der Waals surface area contributed by atoms with Crippen LogP contribution < -0.4 is 0 Å². The molecule has 0 aromatic carbocycles. The minimum Gasteiger partial charge on any atom is -0.106 e. The molecule has 0 aromatic heterocycles. The van der Waals surface area contributed by atoms with Crippen molar-refractivity contribution in [2.24, 2.45) is 0 Å². The van der Waals surface area contributed by atoms with E-state index >= 15 is 0 Å². The van der Waals surface area contributed by atoms with Gasteiger partial charge < -0.3 is 0 Å². The molecule has 0 N–H and O–H groups in total. The lowest BCUT2D eigenvalue weighted by Gasteiger charge is -2.04. The van der Waals surface area contributed by atoms with Crippen molar-refractivity contribution >= 4 is 0 Å². The first-order valence-electron chi connectivity index (χ1n) is 5.51. The molecule has 0 aromatic rings. The van der Waals surface area contributed by atoms with E-state index < -0.39 is 0 Å². The molecule has 0 heterocycles. The van der Waals surface area contributed by atoms with Crippen molar-refractivity contribution in [3.8, 4) is 0 Å².